The summed E-state index contributed by atoms with van der Waals surface area (Å²) in [5, 5.41) is 3.37. The Bertz CT molecular complexity index is 1090. The molecule has 0 spiro atoms. The van der Waals surface area contributed by atoms with Gasteiger partial charge in [0.25, 0.3) is 5.56 Å². The predicted octanol–water partition coefficient (Wildman–Crippen LogP) is 1.70. The van der Waals surface area contributed by atoms with Crippen LogP contribution < -0.4 is 26.1 Å². The fourth-order valence-corrected chi connectivity index (χ4v) is 3.10. The van der Waals surface area contributed by atoms with Crippen molar-refractivity contribution in [2.24, 2.45) is 10.7 Å². The molecule has 8 nitrogen and oxygen atoms in total. The summed E-state index contributed by atoms with van der Waals surface area (Å²) in [5.74, 6) is 1.78. The Hall–Kier alpha value is -3.55. The Morgan fingerprint density at radius 3 is 2.73 bits per heavy atom. The van der Waals surface area contributed by atoms with Crippen molar-refractivity contribution in [3.8, 4) is 11.5 Å². The lowest BCUT2D eigenvalue weighted by atomic mass is 10.1. The molecule has 0 aliphatic carbocycles. The zero-order chi connectivity index (χ0) is 18.3. The number of methoxy groups -OCH3 is 2. The molecule has 4 rings (SSSR count). The summed E-state index contributed by atoms with van der Waals surface area (Å²) in [5.41, 5.74) is 7.09. The summed E-state index contributed by atoms with van der Waals surface area (Å²) < 4.78 is 12.6. The molecular weight excluding hydrogens is 334 g/mol. The van der Waals surface area contributed by atoms with Crippen molar-refractivity contribution < 1.29 is 9.47 Å². The lowest BCUT2D eigenvalue weighted by molar-refractivity contribution is 0.386. The van der Waals surface area contributed by atoms with Crippen LogP contribution in [0.15, 0.2) is 52.3 Å². The van der Waals surface area contributed by atoms with Crippen molar-refractivity contribution in [2.45, 2.75) is 6.17 Å². The molecule has 0 amide bonds. The number of nitrogens with one attached hydrogen (secondary N) is 1. The summed E-state index contributed by atoms with van der Waals surface area (Å²) in [4.78, 5) is 21.0. The molecule has 0 saturated carbocycles. The molecule has 3 N–H and O–H groups in total. The molecule has 1 aliphatic rings. The topological polar surface area (TPSA) is 104 Å². The molecule has 0 saturated heterocycles. The van der Waals surface area contributed by atoms with Gasteiger partial charge in [0.15, 0.2) is 12.1 Å². The smallest absolute Gasteiger partial charge is 0.282 e. The summed E-state index contributed by atoms with van der Waals surface area (Å²) in [6, 6.07) is 12.7. The van der Waals surface area contributed by atoms with Crippen molar-refractivity contribution in [1.29, 1.82) is 0 Å². The van der Waals surface area contributed by atoms with E-state index in [4.69, 9.17) is 15.2 Å². The maximum Gasteiger partial charge on any atom is 0.282 e. The second-order valence-electron chi connectivity index (χ2n) is 5.75. The number of benzene rings is 2. The molecule has 2 heterocycles. The van der Waals surface area contributed by atoms with Crippen LogP contribution in [0.1, 0.15) is 11.7 Å². The van der Waals surface area contributed by atoms with Gasteiger partial charge in [-0.2, -0.15) is 4.98 Å². The predicted molar refractivity (Wildman–Crippen MR) is 98.9 cm³/mol. The van der Waals surface area contributed by atoms with Crippen molar-refractivity contribution in [3.05, 3.63) is 58.4 Å². The SMILES string of the molecule is COc1ccc(C2N=C(N)Nc3nc(=O)c4ccccc4n32)c(OC)c1. The Morgan fingerprint density at radius 1 is 1.15 bits per heavy atom. The van der Waals surface area contributed by atoms with Crippen LogP contribution in [0, 0.1) is 0 Å². The Labute approximate surface area is 148 Å². The maximum absolute atomic E-state index is 12.3. The first-order chi connectivity index (χ1) is 12.6. The minimum Gasteiger partial charge on any atom is -0.497 e. The van der Waals surface area contributed by atoms with Gasteiger partial charge in [-0.15, -0.1) is 0 Å². The standard InChI is InChI=1S/C18H17N5O3/c1-25-10-7-8-12(14(9-10)26-2)15-20-17(19)22-18-21-16(24)11-5-3-4-6-13(11)23(15)18/h3-9,15H,1-2H3,(H3,19,20,21,22,24). The molecule has 8 heteroatoms. The first kappa shape index (κ1) is 15.9. The summed E-state index contributed by atoms with van der Waals surface area (Å²) in [6.07, 6.45) is -0.537. The van der Waals surface area contributed by atoms with Crippen LogP contribution in [-0.2, 0) is 0 Å². The fraction of sp³-hybridized carbons (Fsp3) is 0.167. The molecule has 0 fully saturated rings. The van der Waals surface area contributed by atoms with E-state index in [2.05, 4.69) is 15.3 Å². The van der Waals surface area contributed by atoms with Crippen molar-refractivity contribution >= 4 is 22.8 Å². The first-order valence-electron chi connectivity index (χ1n) is 7.96. The number of guanidine groups is 1. The molecule has 132 valence electrons. The minimum atomic E-state index is -0.537. The van der Waals surface area contributed by atoms with Gasteiger partial charge in [0.2, 0.25) is 5.95 Å². The van der Waals surface area contributed by atoms with Crippen molar-refractivity contribution in [2.75, 3.05) is 19.5 Å². The molecule has 1 aromatic heterocycles. The molecule has 0 radical (unpaired) electrons. The average Bonchev–Trinajstić information content (AvgIpc) is 2.66. The highest BCUT2D eigenvalue weighted by Gasteiger charge is 2.27. The van der Waals surface area contributed by atoms with Gasteiger partial charge in [-0.05, 0) is 24.3 Å². The number of hydrogen-bond acceptors (Lipinski definition) is 7. The van der Waals surface area contributed by atoms with Gasteiger partial charge in [-0.3, -0.25) is 14.7 Å². The van der Waals surface area contributed by atoms with Crippen LogP contribution in [0.25, 0.3) is 10.9 Å². The summed E-state index contributed by atoms with van der Waals surface area (Å²) in [6.45, 7) is 0. The zero-order valence-corrected chi connectivity index (χ0v) is 14.3. The van der Waals surface area contributed by atoms with E-state index in [-0.39, 0.29) is 11.5 Å². The van der Waals surface area contributed by atoms with Crippen LogP contribution in [-0.4, -0.2) is 29.7 Å². The highest BCUT2D eigenvalue weighted by Crippen LogP contribution is 2.36. The number of rotatable bonds is 3. The van der Waals surface area contributed by atoms with Gasteiger partial charge in [-0.1, -0.05) is 12.1 Å². The number of ether oxygens (including phenoxy) is 2. The fourth-order valence-electron chi connectivity index (χ4n) is 3.10. The summed E-state index contributed by atoms with van der Waals surface area (Å²) >= 11 is 0. The minimum absolute atomic E-state index is 0.176. The van der Waals surface area contributed by atoms with E-state index in [1.54, 1.807) is 32.4 Å². The van der Waals surface area contributed by atoms with Gasteiger partial charge in [-0.25, -0.2) is 4.99 Å². The number of aliphatic imine (C=N–C) groups is 1. The number of nitrogens with zero attached hydrogens (tertiary/aromatic N) is 3. The lowest BCUT2D eigenvalue weighted by Crippen LogP contribution is -2.35. The van der Waals surface area contributed by atoms with Crippen LogP contribution in [0.2, 0.25) is 0 Å². The number of fused-ring (bicyclic) bond motifs is 3. The molecule has 2 aromatic carbocycles. The van der Waals surface area contributed by atoms with Gasteiger partial charge in [0, 0.05) is 11.6 Å². The zero-order valence-electron chi connectivity index (χ0n) is 14.3. The Balaban J connectivity index is 2.01. The quantitative estimate of drug-likeness (QED) is 0.744. The number of para-hydroxylation sites is 1. The van der Waals surface area contributed by atoms with Crippen LogP contribution in [0.3, 0.4) is 0 Å². The number of nitrogens with two attached hydrogens (primary N) is 1. The number of hydrogen-bond donors (Lipinski definition) is 2. The van der Waals surface area contributed by atoms with Gasteiger partial charge >= 0.3 is 0 Å². The summed E-state index contributed by atoms with van der Waals surface area (Å²) in [7, 11) is 3.17. The molecule has 1 unspecified atom stereocenters. The van der Waals surface area contributed by atoms with E-state index < -0.39 is 6.17 Å². The van der Waals surface area contributed by atoms with Crippen LogP contribution in [0.5, 0.6) is 11.5 Å². The third kappa shape index (κ3) is 2.43. The van der Waals surface area contributed by atoms with Gasteiger partial charge in [0.05, 0.1) is 25.1 Å². The molecule has 0 bridgehead atoms. The van der Waals surface area contributed by atoms with Crippen LogP contribution >= 0.6 is 0 Å². The molecule has 1 aliphatic heterocycles. The third-order valence-corrected chi connectivity index (χ3v) is 4.29. The lowest BCUT2D eigenvalue weighted by Gasteiger charge is -2.28. The normalized spacial score (nSPS) is 15.8. The van der Waals surface area contributed by atoms with E-state index in [1.807, 2.05) is 28.8 Å². The third-order valence-electron chi connectivity index (χ3n) is 4.29. The highest BCUT2D eigenvalue weighted by atomic mass is 16.5. The Kier molecular flexibility index (Phi) is 3.72. The van der Waals surface area contributed by atoms with E-state index >= 15 is 0 Å². The largest absolute Gasteiger partial charge is 0.497 e. The maximum atomic E-state index is 12.3. The molecular formula is C18H17N5O3. The number of anilines is 1. The highest BCUT2D eigenvalue weighted by molar-refractivity contribution is 5.93. The first-order valence-corrected chi connectivity index (χ1v) is 7.96. The van der Waals surface area contributed by atoms with E-state index in [0.717, 1.165) is 5.56 Å². The monoisotopic (exact) mass is 351 g/mol. The van der Waals surface area contributed by atoms with E-state index in [9.17, 15) is 4.79 Å². The van der Waals surface area contributed by atoms with E-state index in [1.165, 1.54) is 0 Å². The van der Waals surface area contributed by atoms with E-state index in [0.29, 0.717) is 28.4 Å². The molecule has 1 atom stereocenters. The van der Waals surface area contributed by atoms with Gasteiger partial charge in [0.1, 0.15) is 11.5 Å². The average molecular weight is 351 g/mol. The second kappa shape index (κ2) is 6.07. The molecule has 26 heavy (non-hydrogen) atoms. The second-order valence-corrected chi connectivity index (χ2v) is 5.75. The number of aromatic nitrogens is 2. The van der Waals surface area contributed by atoms with Crippen molar-refractivity contribution in [3.63, 3.8) is 0 Å². The van der Waals surface area contributed by atoms with Crippen LogP contribution in [0.4, 0.5) is 5.95 Å². The van der Waals surface area contributed by atoms with Gasteiger partial charge < -0.3 is 15.2 Å². The Morgan fingerprint density at radius 2 is 1.96 bits per heavy atom. The van der Waals surface area contributed by atoms with Crippen molar-refractivity contribution in [1.82, 2.24) is 9.55 Å². The molecule has 3 aromatic rings.